The second-order valence-electron chi connectivity index (χ2n) is 6.31. The Bertz CT molecular complexity index is 879. The minimum atomic E-state index is -3.50. The van der Waals surface area contributed by atoms with Crippen LogP contribution in [0.15, 0.2) is 47.4 Å². The normalized spacial score (nSPS) is 16.3. The number of sulfonamides is 1. The van der Waals surface area contributed by atoms with Gasteiger partial charge in [0.05, 0.1) is 19.1 Å². The summed E-state index contributed by atoms with van der Waals surface area (Å²) in [5, 5.41) is 0.519. The second kappa shape index (κ2) is 8.48. The zero-order chi connectivity index (χ0) is 19.4. The maximum absolute atomic E-state index is 12.8. The zero-order valence-corrected chi connectivity index (χ0v) is 17.0. The molecule has 0 radical (unpaired) electrons. The van der Waals surface area contributed by atoms with E-state index in [0.717, 1.165) is 17.1 Å². The predicted molar refractivity (Wildman–Crippen MR) is 105 cm³/mol. The molecule has 0 N–H and O–H groups in total. The summed E-state index contributed by atoms with van der Waals surface area (Å²) < 4.78 is 37.8. The summed E-state index contributed by atoms with van der Waals surface area (Å²) >= 11 is 5.86. The van der Waals surface area contributed by atoms with Crippen LogP contribution in [0, 0.1) is 0 Å². The van der Waals surface area contributed by atoms with Gasteiger partial charge in [-0.05, 0) is 42.5 Å². The molecule has 2 aromatic carbocycles. The van der Waals surface area contributed by atoms with Crippen molar-refractivity contribution in [3.8, 4) is 11.5 Å². The van der Waals surface area contributed by atoms with E-state index in [1.54, 1.807) is 38.5 Å². The predicted octanol–water partition coefficient (Wildman–Crippen LogP) is 2.86. The first-order valence-electron chi connectivity index (χ1n) is 8.63. The van der Waals surface area contributed by atoms with E-state index < -0.39 is 10.0 Å². The van der Waals surface area contributed by atoms with Crippen molar-refractivity contribution in [3.05, 3.63) is 53.1 Å². The molecule has 6 nitrogen and oxygen atoms in total. The monoisotopic (exact) mass is 410 g/mol. The molecule has 27 heavy (non-hydrogen) atoms. The van der Waals surface area contributed by atoms with Gasteiger partial charge >= 0.3 is 0 Å². The van der Waals surface area contributed by atoms with Crippen LogP contribution < -0.4 is 9.47 Å². The van der Waals surface area contributed by atoms with Gasteiger partial charge in [-0.3, -0.25) is 4.90 Å². The van der Waals surface area contributed by atoms with Gasteiger partial charge in [0.1, 0.15) is 11.5 Å². The van der Waals surface area contributed by atoms with Crippen LogP contribution in [0.2, 0.25) is 5.02 Å². The van der Waals surface area contributed by atoms with Crippen molar-refractivity contribution in [2.24, 2.45) is 0 Å². The lowest BCUT2D eigenvalue weighted by molar-refractivity contribution is 0.180. The van der Waals surface area contributed by atoms with E-state index in [-0.39, 0.29) is 4.90 Å². The van der Waals surface area contributed by atoms with Gasteiger partial charge in [0.25, 0.3) is 0 Å². The summed E-state index contributed by atoms with van der Waals surface area (Å²) in [6.45, 7) is 2.85. The summed E-state index contributed by atoms with van der Waals surface area (Å²) in [6, 6.07) is 12.0. The first kappa shape index (κ1) is 19.9. The minimum absolute atomic E-state index is 0.273. The van der Waals surface area contributed by atoms with Crippen LogP contribution >= 0.6 is 11.6 Å². The zero-order valence-electron chi connectivity index (χ0n) is 15.4. The van der Waals surface area contributed by atoms with Crippen molar-refractivity contribution >= 4 is 21.6 Å². The van der Waals surface area contributed by atoms with Gasteiger partial charge < -0.3 is 9.47 Å². The highest BCUT2D eigenvalue weighted by Gasteiger charge is 2.28. The number of nitrogens with zero attached hydrogens (tertiary/aromatic N) is 2. The molecule has 0 bridgehead atoms. The number of hydrogen-bond donors (Lipinski definition) is 0. The lowest BCUT2D eigenvalue weighted by atomic mass is 10.1. The second-order valence-corrected chi connectivity index (χ2v) is 8.69. The standard InChI is InChI=1S/C19H23ClN2O4S/c1-25-17-5-8-19(26-2)15(13-17)14-21-9-11-22(12-10-21)27(23,24)18-6-3-16(20)4-7-18/h3-8,13H,9-12,14H2,1-2H3. The topological polar surface area (TPSA) is 59.1 Å². The Morgan fingerprint density at radius 1 is 0.963 bits per heavy atom. The fraction of sp³-hybridized carbons (Fsp3) is 0.368. The summed E-state index contributed by atoms with van der Waals surface area (Å²) in [5.74, 6) is 1.57. The van der Waals surface area contributed by atoms with Crippen LogP contribution in [0.4, 0.5) is 0 Å². The van der Waals surface area contributed by atoms with Crippen molar-refractivity contribution in [1.29, 1.82) is 0 Å². The molecule has 0 amide bonds. The molecule has 1 saturated heterocycles. The molecule has 8 heteroatoms. The Morgan fingerprint density at radius 3 is 2.22 bits per heavy atom. The SMILES string of the molecule is COc1ccc(OC)c(CN2CCN(S(=O)(=O)c3ccc(Cl)cc3)CC2)c1. The third-order valence-electron chi connectivity index (χ3n) is 4.66. The summed E-state index contributed by atoms with van der Waals surface area (Å²) in [6.07, 6.45) is 0. The van der Waals surface area contributed by atoms with Gasteiger partial charge in [-0.1, -0.05) is 11.6 Å². The first-order valence-corrected chi connectivity index (χ1v) is 10.4. The number of piperazine rings is 1. The molecule has 2 aromatic rings. The molecule has 0 aliphatic carbocycles. The summed E-state index contributed by atoms with van der Waals surface area (Å²) in [5.41, 5.74) is 1.02. The molecule has 0 unspecified atom stereocenters. The fourth-order valence-electron chi connectivity index (χ4n) is 3.13. The van der Waals surface area contributed by atoms with Crippen molar-refractivity contribution in [2.45, 2.75) is 11.4 Å². The largest absolute Gasteiger partial charge is 0.497 e. The molecular weight excluding hydrogens is 388 g/mol. The Labute approximate surface area is 165 Å². The molecule has 1 heterocycles. The Hall–Kier alpha value is -1.80. The number of methoxy groups -OCH3 is 2. The summed E-state index contributed by atoms with van der Waals surface area (Å²) in [4.78, 5) is 2.49. The Morgan fingerprint density at radius 2 is 1.63 bits per heavy atom. The van der Waals surface area contributed by atoms with E-state index in [0.29, 0.717) is 37.7 Å². The molecule has 146 valence electrons. The number of hydrogen-bond acceptors (Lipinski definition) is 5. The average Bonchev–Trinajstić information content (AvgIpc) is 2.68. The molecule has 1 fully saturated rings. The number of ether oxygens (including phenoxy) is 2. The molecule has 0 spiro atoms. The molecule has 0 atom stereocenters. The third-order valence-corrected chi connectivity index (χ3v) is 6.83. The number of rotatable bonds is 6. The molecule has 3 rings (SSSR count). The van der Waals surface area contributed by atoms with E-state index in [1.165, 1.54) is 4.31 Å². The quantitative estimate of drug-likeness (QED) is 0.732. The van der Waals surface area contributed by atoms with Crippen LogP contribution in [-0.4, -0.2) is 58.0 Å². The molecule has 0 saturated carbocycles. The van der Waals surface area contributed by atoms with Crippen LogP contribution in [0.1, 0.15) is 5.56 Å². The van der Waals surface area contributed by atoms with Crippen LogP contribution in [0.5, 0.6) is 11.5 Å². The van der Waals surface area contributed by atoms with E-state index in [4.69, 9.17) is 21.1 Å². The summed E-state index contributed by atoms with van der Waals surface area (Å²) in [7, 11) is -0.223. The van der Waals surface area contributed by atoms with E-state index in [9.17, 15) is 8.42 Å². The van der Waals surface area contributed by atoms with E-state index in [2.05, 4.69) is 4.90 Å². The lowest BCUT2D eigenvalue weighted by Crippen LogP contribution is -2.48. The lowest BCUT2D eigenvalue weighted by Gasteiger charge is -2.34. The van der Waals surface area contributed by atoms with Crippen molar-refractivity contribution in [2.75, 3.05) is 40.4 Å². The van der Waals surface area contributed by atoms with E-state index in [1.807, 2.05) is 18.2 Å². The Kier molecular flexibility index (Phi) is 6.26. The van der Waals surface area contributed by atoms with Crippen LogP contribution in [-0.2, 0) is 16.6 Å². The molecular formula is C19H23ClN2O4S. The minimum Gasteiger partial charge on any atom is -0.497 e. The van der Waals surface area contributed by atoms with Gasteiger partial charge in [0.2, 0.25) is 10.0 Å². The van der Waals surface area contributed by atoms with E-state index >= 15 is 0 Å². The number of halogens is 1. The maximum Gasteiger partial charge on any atom is 0.243 e. The Balaban J connectivity index is 1.66. The molecule has 1 aliphatic rings. The number of benzene rings is 2. The molecule has 0 aromatic heterocycles. The molecule has 1 aliphatic heterocycles. The highest BCUT2D eigenvalue weighted by molar-refractivity contribution is 7.89. The van der Waals surface area contributed by atoms with Crippen molar-refractivity contribution in [3.63, 3.8) is 0 Å². The van der Waals surface area contributed by atoms with Crippen molar-refractivity contribution in [1.82, 2.24) is 9.21 Å². The highest BCUT2D eigenvalue weighted by Crippen LogP contribution is 2.26. The average molecular weight is 411 g/mol. The van der Waals surface area contributed by atoms with Crippen LogP contribution in [0.3, 0.4) is 0 Å². The smallest absolute Gasteiger partial charge is 0.243 e. The maximum atomic E-state index is 12.8. The van der Waals surface area contributed by atoms with Gasteiger partial charge in [-0.2, -0.15) is 4.31 Å². The highest BCUT2D eigenvalue weighted by atomic mass is 35.5. The van der Waals surface area contributed by atoms with Gasteiger partial charge in [0.15, 0.2) is 0 Å². The third kappa shape index (κ3) is 4.55. The van der Waals surface area contributed by atoms with Gasteiger partial charge in [-0.15, -0.1) is 0 Å². The first-order chi connectivity index (χ1) is 12.9. The van der Waals surface area contributed by atoms with Crippen LogP contribution in [0.25, 0.3) is 0 Å². The fourth-order valence-corrected chi connectivity index (χ4v) is 4.68. The van der Waals surface area contributed by atoms with Gasteiger partial charge in [-0.25, -0.2) is 8.42 Å². The van der Waals surface area contributed by atoms with Crippen molar-refractivity contribution < 1.29 is 17.9 Å². The van der Waals surface area contributed by atoms with Gasteiger partial charge in [0, 0.05) is 43.3 Å².